The van der Waals surface area contributed by atoms with Crippen molar-refractivity contribution in [1.29, 1.82) is 0 Å². The van der Waals surface area contributed by atoms with E-state index in [1.165, 1.54) is 5.56 Å². The molecule has 1 rings (SSSR count). The van der Waals surface area contributed by atoms with E-state index < -0.39 is 8.32 Å². The van der Waals surface area contributed by atoms with Crippen molar-refractivity contribution < 1.29 is 13.9 Å². The first-order chi connectivity index (χ1) is 10.8. The van der Waals surface area contributed by atoms with Gasteiger partial charge in [0.15, 0.2) is 6.79 Å². The third kappa shape index (κ3) is 5.05. The average molecular weight is 403 g/mol. The fraction of sp³-hybridized carbons (Fsp3) is 0.667. The zero-order valence-electron chi connectivity index (χ0n) is 15.5. The number of hydrogen-bond acceptors (Lipinski definition) is 3. The smallest absolute Gasteiger partial charge is 0.200 e. The van der Waals surface area contributed by atoms with E-state index in [2.05, 4.69) is 69.6 Å². The lowest BCUT2D eigenvalue weighted by Crippen LogP contribution is -2.47. The van der Waals surface area contributed by atoms with Crippen LogP contribution in [0.25, 0.3) is 0 Å². The highest BCUT2D eigenvalue weighted by Crippen LogP contribution is 2.42. The Hall–Kier alpha value is -0.363. The van der Waals surface area contributed by atoms with Crippen LogP contribution in [0.3, 0.4) is 0 Å². The number of methoxy groups -OCH3 is 1. The predicted octanol–water partition coefficient (Wildman–Crippen LogP) is 6.12. The van der Waals surface area contributed by atoms with Crippen molar-refractivity contribution in [2.75, 3.05) is 13.9 Å². The number of benzene rings is 1. The maximum absolute atomic E-state index is 6.63. The van der Waals surface area contributed by atoms with Gasteiger partial charge < -0.3 is 13.9 Å². The molecule has 1 aromatic rings. The monoisotopic (exact) mass is 402 g/mol. The van der Waals surface area contributed by atoms with Crippen molar-refractivity contribution in [3.05, 3.63) is 28.2 Å². The molecule has 0 bridgehead atoms. The molecule has 0 heterocycles. The van der Waals surface area contributed by atoms with Crippen molar-refractivity contribution in [2.45, 2.75) is 64.8 Å². The van der Waals surface area contributed by atoms with Crippen molar-refractivity contribution >= 4 is 24.2 Å². The molecule has 0 radical (unpaired) electrons. The predicted molar refractivity (Wildman–Crippen MR) is 102 cm³/mol. The van der Waals surface area contributed by atoms with Crippen LogP contribution in [0.15, 0.2) is 22.7 Å². The summed E-state index contributed by atoms with van der Waals surface area (Å²) in [5, 5.41) is 0. The number of hydrogen-bond donors (Lipinski definition) is 0. The molecule has 23 heavy (non-hydrogen) atoms. The van der Waals surface area contributed by atoms with Gasteiger partial charge in [0.2, 0.25) is 8.32 Å². The highest BCUT2D eigenvalue weighted by atomic mass is 79.9. The molecule has 0 aromatic heterocycles. The van der Waals surface area contributed by atoms with Crippen molar-refractivity contribution in [1.82, 2.24) is 0 Å². The quantitative estimate of drug-likeness (QED) is 0.367. The van der Waals surface area contributed by atoms with Gasteiger partial charge in [0, 0.05) is 7.11 Å². The maximum atomic E-state index is 6.63. The van der Waals surface area contributed by atoms with E-state index in [4.69, 9.17) is 13.9 Å². The zero-order chi connectivity index (χ0) is 17.6. The Morgan fingerprint density at radius 3 is 2.00 bits per heavy atom. The van der Waals surface area contributed by atoms with Gasteiger partial charge in [-0.1, -0.05) is 47.6 Å². The maximum Gasteiger partial charge on any atom is 0.200 e. The van der Waals surface area contributed by atoms with Gasteiger partial charge in [0.05, 0.1) is 11.1 Å². The Kier molecular flexibility index (Phi) is 8.28. The fourth-order valence-electron chi connectivity index (χ4n) is 3.58. The van der Waals surface area contributed by atoms with Gasteiger partial charge in [-0.05, 0) is 50.2 Å². The van der Waals surface area contributed by atoms with Crippen LogP contribution in [0, 0.1) is 0 Å². The van der Waals surface area contributed by atoms with Crippen molar-refractivity contribution in [2.24, 2.45) is 0 Å². The summed E-state index contributed by atoms with van der Waals surface area (Å²) in [5.74, 6) is 0.788. The van der Waals surface area contributed by atoms with Gasteiger partial charge in [-0.3, -0.25) is 0 Å². The van der Waals surface area contributed by atoms with E-state index >= 15 is 0 Å². The minimum Gasteiger partial charge on any atom is -0.466 e. The Morgan fingerprint density at radius 2 is 1.57 bits per heavy atom. The minimum atomic E-state index is -1.83. The molecule has 0 amide bonds. The Labute approximate surface area is 151 Å². The first-order valence-electron chi connectivity index (χ1n) is 8.29. The highest BCUT2D eigenvalue weighted by Gasteiger charge is 2.44. The lowest BCUT2D eigenvalue weighted by Gasteiger charge is -2.42. The third-order valence-corrected chi connectivity index (χ3v) is 11.2. The van der Waals surface area contributed by atoms with Crippen LogP contribution in [-0.4, -0.2) is 22.2 Å². The van der Waals surface area contributed by atoms with Gasteiger partial charge in [-0.2, -0.15) is 0 Å². The molecule has 0 atom stereocenters. The molecule has 0 aliphatic rings. The van der Waals surface area contributed by atoms with Gasteiger partial charge >= 0.3 is 0 Å². The molecule has 132 valence electrons. The molecule has 0 spiro atoms. The second-order valence-corrected chi connectivity index (χ2v) is 13.2. The molecule has 1 aromatic carbocycles. The Bertz CT molecular complexity index is 467. The van der Waals surface area contributed by atoms with Crippen LogP contribution >= 0.6 is 15.9 Å². The SMILES string of the molecule is COCOc1ccc(CO[Si](C(C)C)(C(C)C)C(C)C)cc1Br. The molecule has 0 aliphatic carbocycles. The first kappa shape index (κ1) is 20.7. The summed E-state index contributed by atoms with van der Waals surface area (Å²) in [4.78, 5) is 0. The third-order valence-electron chi connectivity index (χ3n) is 4.52. The number of ether oxygens (including phenoxy) is 2. The largest absolute Gasteiger partial charge is 0.466 e. The van der Waals surface area contributed by atoms with Crippen molar-refractivity contribution in [3.8, 4) is 5.75 Å². The normalized spacial score (nSPS) is 12.5. The topological polar surface area (TPSA) is 27.7 Å². The fourth-order valence-corrected chi connectivity index (χ4v) is 9.54. The summed E-state index contributed by atoms with van der Waals surface area (Å²) < 4.78 is 18.0. The summed E-state index contributed by atoms with van der Waals surface area (Å²) in [6, 6.07) is 6.10. The van der Waals surface area contributed by atoms with Gasteiger partial charge in [0.1, 0.15) is 5.75 Å². The molecule has 0 unspecified atom stereocenters. The first-order valence-corrected chi connectivity index (χ1v) is 11.2. The van der Waals surface area contributed by atoms with E-state index in [0.717, 1.165) is 10.2 Å². The van der Waals surface area contributed by atoms with Gasteiger partial charge in [-0.15, -0.1) is 0 Å². The second-order valence-electron chi connectivity index (χ2n) is 6.92. The van der Waals surface area contributed by atoms with E-state index in [1.807, 2.05) is 6.07 Å². The molecule has 3 nitrogen and oxygen atoms in total. The van der Waals surface area contributed by atoms with E-state index in [1.54, 1.807) is 7.11 Å². The van der Waals surface area contributed by atoms with Crippen LogP contribution in [0.2, 0.25) is 16.6 Å². The van der Waals surface area contributed by atoms with E-state index in [9.17, 15) is 0 Å². The molecular weight excluding hydrogens is 372 g/mol. The molecule has 0 N–H and O–H groups in total. The number of rotatable bonds is 9. The lowest BCUT2D eigenvalue weighted by molar-refractivity contribution is 0.0505. The summed E-state index contributed by atoms with van der Waals surface area (Å²) in [6.07, 6.45) is 0. The summed E-state index contributed by atoms with van der Waals surface area (Å²) in [5.41, 5.74) is 2.95. The molecule has 0 saturated heterocycles. The second kappa shape index (κ2) is 9.21. The number of halogens is 1. The molecule has 0 saturated carbocycles. The van der Waals surface area contributed by atoms with Crippen LogP contribution in [0.5, 0.6) is 5.75 Å². The van der Waals surface area contributed by atoms with Crippen molar-refractivity contribution in [3.63, 3.8) is 0 Å². The van der Waals surface area contributed by atoms with Crippen LogP contribution in [0.4, 0.5) is 0 Å². The summed E-state index contributed by atoms with van der Waals surface area (Å²) in [7, 11) is -0.214. The van der Waals surface area contributed by atoms with Crippen LogP contribution < -0.4 is 4.74 Å². The van der Waals surface area contributed by atoms with Gasteiger partial charge in [0.25, 0.3) is 0 Å². The van der Waals surface area contributed by atoms with E-state index in [0.29, 0.717) is 23.2 Å². The highest BCUT2D eigenvalue weighted by molar-refractivity contribution is 9.10. The standard InChI is InChI=1S/C18H31BrO3Si/c1-13(2)23(14(3)4,15(5)6)22-11-16-8-9-18(17(19)10-16)21-12-20-7/h8-10,13-15H,11-12H2,1-7H3. The summed E-state index contributed by atoms with van der Waals surface area (Å²) in [6.45, 7) is 14.8. The Morgan fingerprint density at radius 1 is 1.00 bits per heavy atom. The van der Waals surface area contributed by atoms with Crippen LogP contribution in [0.1, 0.15) is 47.1 Å². The molecule has 0 fully saturated rings. The molecule has 0 aliphatic heterocycles. The lowest BCUT2D eigenvalue weighted by atomic mass is 10.2. The van der Waals surface area contributed by atoms with E-state index in [-0.39, 0.29) is 6.79 Å². The minimum absolute atomic E-state index is 0.249. The van der Waals surface area contributed by atoms with Gasteiger partial charge in [-0.25, -0.2) is 0 Å². The average Bonchev–Trinajstić information content (AvgIpc) is 2.45. The zero-order valence-corrected chi connectivity index (χ0v) is 18.1. The van der Waals surface area contributed by atoms with Crippen LogP contribution in [-0.2, 0) is 15.8 Å². The Balaban J connectivity index is 2.88. The molecule has 5 heteroatoms. The summed E-state index contributed by atoms with van der Waals surface area (Å²) >= 11 is 3.56. The molecular formula is C18H31BrO3Si.